The minimum Gasteiger partial charge on any atom is -0.449 e. The number of hydrogen-bond acceptors (Lipinski definition) is 6. The number of aromatic nitrogens is 2. The maximum atomic E-state index is 11.3. The van der Waals surface area contributed by atoms with Crippen molar-refractivity contribution in [2.24, 2.45) is 5.92 Å². The van der Waals surface area contributed by atoms with Crippen LogP contribution in [0.3, 0.4) is 0 Å². The van der Waals surface area contributed by atoms with Crippen molar-refractivity contribution in [1.82, 2.24) is 9.55 Å². The quantitative estimate of drug-likeness (QED) is 0.226. The third-order valence-corrected chi connectivity index (χ3v) is 4.77. The summed E-state index contributed by atoms with van der Waals surface area (Å²) in [5.41, 5.74) is 1.25. The largest absolute Gasteiger partial charge is 0.511 e. The molecule has 0 bridgehead atoms. The molecule has 3 rings (SSSR count). The summed E-state index contributed by atoms with van der Waals surface area (Å²) in [6, 6.07) is 13.6. The van der Waals surface area contributed by atoms with E-state index in [1.165, 1.54) is 18.2 Å². The SMILES string of the molecule is CC(C)C(c1cc([N+](=O)[O-])ccc1OC(=O)O)c1nccn1COCc1ccccc1. The molecule has 3 aromatic rings. The van der Waals surface area contributed by atoms with Gasteiger partial charge in [-0.25, -0.2) is 9.78 Å². The fraction of sp³-hybridized carbons (Fsp3) is 0.273. The third kappa shape index (κ3) is 5.46. The Morgan fingerprint density at radius 3 is 2.61 bits per heavy atom. The van der Waals surface area contributed by atoms with Gasteiger partial charge in [0.15, 0.2) is 0 Å². The van der Waals surface area contributed by atoms with Crippen LogP contribution >= 0.6 is 0 Å². The van der Waals surface area contributed by atoms with Gasteiger partial charge in [0.25, 0.3) is 5.69 Å². The van der Waals surface area contributed by atoms with Gasteiger partial charge in [0.1, 0.15) is 18.3 Å². The summed E-state index contributed by atoms with van der Waals surface area (Å²) >= 11 is 0. The summed E-state index contributed by atoms with van der Waals surface area (Å²) < 4.78 is 12.5. The number of non-ortho nitro benzene ring substituents is 1. The maximum Gasteiger partial charge on any atom is 0.511 e. The van der Waals surface area contributed by atoms with Gasteiger partial charge in [-0.3, -0.25) is 10.1 Å². The lowest BCUT2D eigenvalue weighted by atomic mass is 9.86. The zero-order valence-electron chi connectivity index (χ0n) is 17.2. The predicted octanol–water partition coefficient (Wildman–Crippen LogP) is 4.81. The van der Waals surface area contributed by atoms with Crippen molar-refractivity contribution in [2.75, 3.05) is 0 Å². The van der Waals surface area contributed by atoms with Gasteiger partial charge in [-0.15, -0.1) is 0 Å². The van der Waals surface area contributed by atoms with Crippen molar-refractivity contribution in [3.05, 3.63) is 88.0 Å². The van der Waals surface area contributed by atoms with Crippen LogP contribution in [-0.2, 0) is 18.1 Å². The molecule has 0 amide bonds. The first-order valence-electron chi connectivity index (χ1n) is 9.68. The number of benzene rings is 2. The van der Waals surface area contributed by atoms with E-state index < -0.39 is 17.0 Å². The van der Waals surface area contributed by atoms with Crippen LogP contribution in [0.1, 0.15) is 36.7 Å². The first kappa shape index (κ1) is 22.0. The Kier molecular flexibility index (Phi) is 6.99. The fourth-order valence-electron chi connectivity index (χ4n) is 3.42. The van der Waals surface area contributed by atoms with Crippen molar-refractivity contribution in [1.29, 1.82) is 0 Å². The smallest absolute Gasteiger partial charge is 0.449 e. The highest BCUT2D eigenvalue weighted by atomic mass is 16.7. The summed E-state index contributed by atoms with van der Waals surface area (Å²) in [6.45, 7) is 4.49. The van der Waals surface area contributed by atoms with Crippen LogP contribution in [0.4, 0.5) is 10.5 Å². The average molecular weight is 425 g/mol. The second kappa shape index (κ2) is 9.86. The first-order valence-corrected chi connectivity index (χ1v) is 9.68. The maximum absolute atomic E-state index is 11.3. The molecule has 0 aliphatic carbocycles. The van der Waals surface area contributed by atoms with Crippen LogP contribution in [0.2, 0.25) is 0 Å². The monoisotopic (exact) mass is 425 g/mol. The molecular weight excluding hydrogens is 402 g/mol. The summed E-state index contributed by atoms with van der Waals surface area (Å²) in [5, 5.41) is 20.4. The topological polar surface area (TPSA) is 117 Å². The van der Waals surface area contributed by atoms with Gasteiger partial charge in [0.2, 0.25) is 0 Å². The number of ether oxygens (including phenoxy) is 2. The fourth-order valence-corrected chi connectivity index (χ4v) is 3.42. The van der Waals surface area contributed by atoms with Crippen LogP contribution in [0.25, 0.3) is 0 Å². The van der Waals surface area contributed by atoms with E-state index >= 15 is 0 Å². The third-order valence-electron chi connectivity index (χ3n) is 4.77. The number of carbonyl (C=O) groups is 1. The van der Waals surface area contributed by atoms with E-state index in [0.29, 0.717) is 18.0 Å². The normalized spacial score (nSPS) is 12.0. The number of imidazole rings is 1. The van der Waals surface area contributed by atoms with E-state index in [1.54, 1.807) is 17.0 Å². The Morgan fingerprint density at radius 2 is 1.97 bits per heavy atom. The number of nitrogens with zero attached hydrogens (tertiary/aromatic N) is 3. The Labute approximate surface area is 179 Å². The molecule has 0 saturated heterocycles. The highest BCUT2D eigenvalue weighted by Crippen LogP contribution is 2.38. The molecule has 1 atom stereocenters. The Hall–Kier alpha value is -3.72. The average Bonchev–Trinajstić information content (AvgIpc) is 3.17. The zero-order chi connectivity index (χ0) is 22.4. The molecule has 31 heavy (non-hydrogen) atoms. The van der Waals surface area contributed by atoms with Gasteiger partial charge in [-0.05, 0) is 17.5 Å². The molecule has 0 radical (unpaired) electrons. The van der Waals surface area contributed by atoms with Crippen LogP contribution in [0.5, 0.6) is 5.75 Å². The highest BCUT2D eigenvalue weighted by molar-refractivity contribution is 5.63. The number of nitro benzene ring substituents is 1. The van der Waals surface area contributed by atoms with Crippen LogP contribution in [-0.4, -0.2) is 25.7 Å². The zero-order valence-corrected chi connectivity index (χ0v) is 17.2. The molecule has 0 aliphatic heterocycles. The molecule has 1 heterocycles. The lowest BCUT2D eigenvalue weighted by Crippen LogP contribution is -2.18. The Balaban J connectivity index is 1.93. The predicted molar refractivity (Wildman–Crippen MR) is 112 cm³/mol. The van der Waals surface area contributed by atoms with Crippen molar-refractivity contribution in [3.8, 4) is 5.75 Å². The Bertz CT molecular complexity index is 1050. The minimum atomic E-state index is -1.49. The molecule has 0 spiro atoms. The molecule has 1 N–H and O–H groups in total. The number of hydrogen-bond donors (Lipinski definition) is 1. The molecular formula is C22H23N3O6. The van der Waals surface area contributed by atoms with Crippen LogP contribution in [0, 0.1) is 16.0 Å². The van der Waals surface area contributed by atoms with E-state index in [9.17, 15) is 14.9 Å². The van der Waals surface area contributed by atoms with E-state index in [2.05, 4.69) is 4.98 Å². The van der Waals surface area contributed by atoms with E-state index in [0.717, 1.165) is 5.56 Å². The molecule has 1 unspecified atom stereocenters. The van der Waals surface area contributed by atoms with Crippen molar-refractivity contribution < 1.29 is 24.3 Å². The molecule has 2 aromatic carbocycles. The van der Waals surface area contributed by atoms with E-state index in [4.69, 9.17) is 14.6 Å². The number of carboxylic acid groups (broad SMARTS) is 1. The van der Waals surface area contributed by atoms with Crippen LogP contribution < -0.4 is 4.74 Å². The summed E-state index contributed by atoms with van der Waals surface area (Å²) in [7, 11) is 0. The second-order valence-electron chi connectivity index (χ2n) is 7.29. The minimum absolute atomic E-state index is 0.0385. The number of rotatable bonds is 9. The molecule has 0 fully saturated rings. The molecule has 162 valence electrons. The molecule has 0 saturated carbocycles. The van der Waals surface area contributed by atoms with Crippen molar-refractivity contribution in [2.45, 2.75) is 33.1 Å². The standard InChI is InChI=1S/C22H23N3O6/c1-15(2)20(18-12-17(25(28)29)8-9-19(18)31-22(26)27)21-23-10-11-24(21)14-30-13-16-6-4-3-5-7-16/h3-12,15,20H,13-14H2,1-2H3,(H,26,27). The van der Waals surface area contributed by atoms with Crippen LogP contribution in [0.15, 0.2) is 60.9 Å². The molecule has 9 heteroatoms. The highest BCUT2D eigenvalue weighted by Gasteiger charge is 2.29. The molecule has 9 nitrogen and oxygen atoms in total. The lowest BCUT2D eigenvalue weighted by molar-refractivity contribution is -0.385. The molecule has 1 aromatic heterocycles. The van der Waals surface area contributed by atoms with E-state index in [-0.39, 0.29) is 24.1 Å². The first-order chi connectivity index (χ1) is 14.9. The lowest BCUT2D eigenvalue weighted by Gasteiger charge is -2.23. The van der Waals surface area contributed by atoms with Crippen molar-refractivity contribution in [3.63, 3.8) is 0 Å². The van der Waals surface area contributed by atoms with Gasteiger partial charge in [-0.1, -0.05) is 44.2 Å². The van der Waals surface area contributed by atoms with Gasteiger partial charge < -0.3 is 19.1 Å². The second-order valence-corrected chi connectivity index (χ2v) is 7.29. The Morgan fingerprint density at radius 1 is 1.23 bits per heavy atom. The van der Waals surface area contributed by atoms with Gasteiger partial charge in [0.05, 0.1) is 11.5 Å². The summed E-state index contributed by atoms with van der Waals surface area (Å²) in [4.78, 5) is 26.4. The molecule has 0 aliphatic rings. The van der Waals surface area contributed by atoms with Gasteiger partial charge >= 0.3 is 6.16 Å². The van der Waals surface area contributed by atoms with Gasteiger partial charge in [-0.2, -0.15) is 0 Å². The number of nitro groups is 1. The van der Waals surface area contributed by atoms with Crippen molar-refractivity contribution >= 4 is 11.8 Å². The van der Waals surface area contributed by atoms with E-state index in [1.807, 2.05) is 44.2 Å². The van der Waals surface area contributed by atoms with Gasteiger partial charge in [0, 0.05) is 36.0 Å². The summed E-state index contributed by atoms with van der Waals surface area (Å²) in [6.07, 6.45) is 1.88. The summed E-state index contributed by atoms with van der Waals surface area (Å²) in [5.74, 6) is 0.119.